The lowest BCUT2D eigenvalue weighted by Crippen LogP contribution is -2.11. The van der Waals surface area contributed by atoms with Crippen molar-refractivity contribution in [1.82, 2.24) is 15.0 Å². The summed E-state index contributed by atoms with van der Waals surface area (Å²) in [5.74, 6) is 0.682. The molecule has 0 aliphatic rings. The van der Waals surface area contributed by atoms with Crippen LogP contribution >= 0.6 is 0 Å². The zero-order chi connectivity index (χ0) is 40.5. The van der Waals surface area contributed by atoms with Crippen molar-refractivity contribution >= 4 is 49.5 Å². The zero-order valence-electron chi connectivity index (χ0n) is 33.2. The van der Waals surface area contributed by atoms with E-state index in [9.17, 15) is 0 Å². The molecule has 2 heterocycles. The molecule has 0 fully saturated rings. The van der Waals surface area contributed by atoms with Gasteiger partial charge in [-0.25, -0.2) is 15.0 Å². The topological polar surface area (TPSA) is 41.9 Å². The molecule has 0 aliphatic heterocycles. The smallest absolute Gasteiger partial charge is 0.160 e. The summed E-state index contributed by atoms with van der Waals surface area (Å²) in [5.41, 5.74) is 13.1. The highest BCUT2D eigenvalue weighted by Crippen LogP contribution is 2.44. The Hall–Kier alpha value is -8.21. The number of pyridine rings is 1. The zero-order valence-corrected chi connectivity index (χ0v) is 33.2. The van der Waals surface area contributed by atoms with Gasteiger partial charge in [-0.3, -0.25) is 0 Å². The summed E-state index contributed by atoms with van der Waals surface area (Å²) in [6, 6.07) is 80.9. The van der Waals surface area contributed by atoms with Crippen molar-refractivity contribution in [2.45, 2.75) is 0 Å². The van der Waals surface area contributed by atoms with Crippen LogP contribution < -0.4 is 4.90 Å². The molecule has 0 spiro atoms. The lowest BCUT2D eigenvalue weighted by Gasteiger charge is -2.27. The predicted molar refractivity (Wildman–Crippen MR) is 254 cm³/mol. The van der Waals surface area contributed by atoms with Crippen molar-refractivity contribution in [2.24, 2.45) is 0 Å². The normalized spacial score (nSPS) is 11.3. The maximum atomic E-state index is 5.59. The van der Waals surface area contributed by atoms with Gasteiger partial charge in [0.25, 0.3) is 0 Å². The second-order valence-corrected chi connectivity index (χ2v) is 15.2. The van der Waals surface area contributed by atoms with Crippen LogP contribution in [-0.4, -0.2) is 15.0 Å². The first kappa shape index (κ1) is 35.9. The molecule has 0 bridgehead atoms. The van der Waals surface area contributed by atoms with Crippen molar-refractivity contribution in [2.75, 3.05) is 4.90 Å². The predicted octanol–water partition coefficient (Wildman–Crippen LogP) is 15.1. The minimum atomic E-state index is 0.682. The first-order chi connectivity index (χ1) is 30.2. The quantitative estimate of drug-likeness (QED) is 0.144. The molecule has 0 radical (unpaired) electrons. The molecule has 0 saturated heterocycles. The highest BCUT2D eigenvalue weighted by atomic mass is 15.1. The molecule has 11 rings (SSSR count). The van der Waals surface area contributed by atoms with Crippen molar-refractivity contribution < 1.29 is 0 Å². The van der Waals surface area contributed by atoms with Crippen molar-refractivity contribution in [3.8, 4) is 56.3 Å². The van der Waals surface area contributed by atoms with Gasteiger partial charge in [0.15, 0.2) is 5.82 Å². The first-order valence-corrected chi connectivity index (χ1v) is 20.6. The second kappa shape index (κ2) is 15.5. The maximum absolute atomic E-state index is 5.59. The van der Waals surface area contributed by atoms with Crippen LogP contribution in [0.3, 0.4) is 0 Å². The Balaban J connectivity index is 1.15. The van der Waals surface area contributed by atoms with Gasteiger partial charge >= 0.3 is 0 Å². The van der Waals surface area contributed by atoms with E-state index in [4.69, 9.17) is 15.0 Å². The van der Waals surface area contributed by atoms with E-state index >= 15 is 0 Å². The van der Waals surface area contributed by atoms with Gasteiger partial charge in [0.1, 0.15) is 0 Å². The van der Waals surface area contributed by atoms with Gasteiger partial charge in [-0.15, -0.1) is 0 Å². The number of fused-ring (bicyclic) bond motifs is 5. The fraction of sp³-hybridized carbons (Fsp3) is 0. The molecule has 286 valence electrons. The SMILES string of the molecule is c1ccc(-c2ccc(-c3nc(-c4ccccc4)cc(-c4ccc5ccc6c(-c7ccccc7)nc7c(N(c8ccccc8)c8ccccc8)cccc7c6c5c4)n3)cc2)cc1. The largest absolute Gasteiger partial charge is 0.308 e. The van der Waals surface area contributed by atoms with Crippen molar-refractivity contribution in [3.63, 3.8) is 0 Å². The molecule has 9 aromatic carbocycles. The van der Waals surface area contributed by atoms with E-state index in [1.165, 1.54) is 5.56 Å². The van der Waals surface area contributed by atoms with Gasteiger partial charge in [-0.2, -0.15) is 0 Å². The summed E-state index contributed by atoms with van der Waals surface area (Å²) in [6.45, 7) is 0. The van der Waals surface area contributed by atoms with Crippen LogP contribution in [0.1, 0.15) is 0 Å². The third kappa shape index (κ3) is 6.76. The number of aromatic nitrogens is 3. The van der Waals surface area contributed by atoms with Gasteiger partial charge < -0.3 is 4.90 Å². The van der Waals surface area contributed by atoms with E-state index in [1.54, 1.807) is 0 Å². The number of nitrogens with zero attached hydrogens (tertiary/aromatic N) is 4. The summed E-state index contributed by atoms with van der Waals surface area (Å²) in [4.78, 5) is 18.3. The molecule has 0 amide bonds. The van der Waals surface area contributed by atoms with Crippen LogP contribution in [0.2, 0.25) is 0 Å². The van der Waals surface area contributed by atoms with Crippen LogP contribution in [0.25, 0.3) is 88.7 Å². The Labute approximate surface area is 354 Å². The van der Waals surface area contributed by atoms with Crippen LogP contribution in [0, 0.1) is 0 Å². The number of rotatable bonds is 8. The minimum absolute atomic E-state index is 0.682. The maximum Gasteiger partial charge on any atom is 0.160 e. The van der Waals surface area contributed by atoms with E-state index in [2.05, 4.69) is 223 Å². The molecule has 0 N–H and O–H groups in total. The Morgan fingerprint density at radius 1 is 0.311 bits per heavy atom. The average molecular weight is 779 g/mol. The van der Waals surface area contributed by atoms with Gasteiger partial charge in [-0.05, 0) is 64.4 Å². The van der Waals surface area contributed by atoms with Crippen LogP contribution in [0.15, 0.2) is 231 Å². The van der Waals surface area contributed by atoms with E-state index in [1.807, 2.05) is 12.1 Å². The molecule has 0 unspecified atom stereocenters. The van der Waals surface area contributed by atoms with Gasteiger partial charge in [0.2, 0.25) is 0 Å². The molecular formula is C57H38N4. The average Bonchev–Trinajstić information content (AvgIpc) is 3.35. The van der Waals surface area contributed by atoms with Gasteiger partial charge in [-0.1, -0.05) is 188 Å². The van der Waals surface area contributed by atoms with E-state index < -0.39 is 0 Å². The number of benzene rings is 9. The van der Waals surface area contributed by atoms with Crippen LogP contribution in [-0.2, 0) is 0 Å². The molecular weight excluding hydrogens is 741 g/mol. The molecule has 0 atom stereocenters. The molecule has 11 aromatic rings. The lowest BCUT2D eigenvalue weighted by atomic mass is 9.93. The molecule has 2 aromatic heterocycles. The third-order valence-corrected chi connectivity index (χ3v) is 11.4. The molecule has 0 saturated carbocycles. The number of para-hydroxylation sites is 3. The summed E-state index contributed by atoms with van der Waals surface area (Å²) in [5, 5.41) is 5.61. The summed E-state index contributed by atoms with van der Waals surface area (Å²) in [6.07, 6.45) is 0. The van der Waals surface area contributed by atoms with Crippen molar-refractivity contribution in [1.29, 1.82) is 0 Å². The van der Waals surface area contributed by atoms with Crippen LogP contribution in [0.4, 0.5) is 17.1 Å². The van der Waals surface area contributed by atoms with E-state index in [0.29, 0.717) is 5.82 Å². The monoisotopic (exact) mass is 778 g/mol. The van der Waals surface area contributed by atoms with Gasteiger partial charge in [0, 0.05) is 49.8 Å². The fourth-order valence-corrected chi connectivity index (χ4v) is 8.49. The Morgan fingerprint density at radius 3 is 1.46 bits per heavy atom. The number of hydrogen-bond acceptors (Lipinski definition) is 4. The number of anilines is 3. The van der Waals surface area contributed by atoms with Gasteiger partial charge in [0.05, 0.1) is 28.3 Å². The second-order valence-electron chi connectivity index (χ2n) is 15.2. The Kier molecular flexibility index (Phi) is 9.14. The Bertz CT molecular complexity index is 3280. The molecule has 0 aliphatic carbocycles. The minimum Gasteiger partial charge on any atom is -0.308 e. The standard InChI is InChI=1S/C57H38N4/c1-6-17-39(18-7-1)40-29-32-44(33-30-40)57-58-51(42-19-8-2-9-20-42)38-52(59-57)45-34-31-41-35-36-49-54(50(41)37-45)48-27-16-28-53(56(48)60-55(49)43-21-10-3-11-22-43)61(46-23-12-4-13-24-46)47-25-14-5-15-26-47/h1-38H. The summed E-state index contributed by atoms with van der Waals surface area (Å²) >= 11 is 0. The van der Waals surface area contributed by atoms with E-state index in [-0.39, 0.29) is 0 Å². The third-order valence-electron chi connectivity index (χ3n) is 11.4. The molecule has 61 heavy (non-hydrogen) atoms. The Morgan fingerprint density at radius 2 is 0.820 bits per heavy atom. The first-order valence-electron chi connectivity index (χ1n) is 20.6. The summed E-state index contributed by atoms with van der Waals surface area (Å²) < 4.78 is 0. The summed E-state index contributed by atoms with van der Waals surface area (Å²) in [7, 11) is 0. The van der Waals surface area contributed by atoms with Crippen molar-refractivity contribution in [3.05, 3.63) is 231 Å². The highest BCUT2D eigenvalue weighted by molar-refractivity contribution is 6.24. The molecule has 4 heteroatoms. The van der Waals surface area contributed by atoms with Crippen LogP contribution in [0.5, 0.6) is 0 Å². The number of hydrogen-bond donors (Lipinski definition) is 0. The fourth-order valence-electron chi connectivity index (χ4n) is 8.49. The molecule has 4 nitrogen and oxygen atoms in total. The lowest BCUT2D eigenvalue weighted by molar-refractivity contribution is 1.18. The van der Waals surface area contributed by atoms with E-state index in [0.717, 1.165) is 94.4 Å². The highest BCUT2D eigenvalue weighted by Gasteiger charge is 2.21.